The van der Waals surface area contributed by atoms with Crippen LogP contribution in [0, 0.1) is 5.92 Å². The van der Waals surface area contributed by atoms with Crippen molar-refractivity contribution in [3.8, 4) is 5.69 Å². The molecule has 2 aliphatic heterocycles. The summed E-state index contributed by atoms with van der Waals surface area (Å²) in [5, 5.41) is 14.3. The Morgan fingerprint density at radius 3 is 2.61 bits per heavy atom. The lowest BCUT2D eigenvalue weighted by Gasteiger charge is -2.43. The number of halogens is 2. The maximum Gasteiger partial charge on any atom is 0.248 e. The Kier molecular flexibility index (Phi) is 6.60. The van der Waals surface area contributed by atoms with Gasteiger partial charge in [0.1, 0.15) is 12.2 Å². The molecule has 6 rings (SSSR count). The molecule has 2 atom stereocenters. The number of para-hydroxylation sites is 1. The number of hydrogen-bond acceptors (Lipinski definition) is 5. The van der Waals surface area contributed by atoms with Crippen molar-refractivity contribution in [1.29, 1.82) is 0 Å². The van der Waals surface area contributed by atoms with E-state index >= 15 is 0 Å². The predicted octanol–water partition coefficient (Wildman–Crippen LogP) is 3.74. The van der Waals surface area contributed by atoms with Crippen molar-refractivity contribution in [3.05, 3.63) is 75.7 Å². The van der Waals surface area contributed by atoms with Crippen LogP contribution in [-0.4, -0.2) is 63.2 Å². The van der Waals surface area contributed by atoms with Crippen molar-refractivity contribution >= 4 is 23.4 Å². The summed E-state index contributed by atoms with van der Waals surface area (Å²) in [5.74, 6) is -3.66. The quantitative estimate of drug-likeness (QED) is 0.539. The molecule has 9 heteroatoms. The number of thiophene rings is 1. The number of rotatable bonds is 5. The number of amides is 1. The zero-order valence-corrected chi connectivity index (χ0v) is 22.0. The molecular formula is C29H32F2N4O2S. The number of carbonyl (C=O) groups is 1. The summed E-state index contributed by atoms with van der Waals surface area (Å²) in [6.07, 6.45) is 4.64. The molecule has 2 fully saturated rings. The van der Waals surface area contributed by atoms with Gasteiger partial charge >= 0.3 is 0 Å². The van der Waals surface area contributed by atoms with Gasteiger partial charge in [0, 0.05) is 72.5 Å². The number of hydrogen-bond donors (Lipinski definition) is 1. The number of β-amino-alcohol motifs (C(OH)–C–C–N with tert-alkyl or cyclic N) is 1. The van der Waals surface area contributed by atoms with Gasteiger partial charge in [-0.3, -0.25) is 4.79 Å². The zero-order valence-electron chi connectivity index (χ0n) is 21.2. The summed E-state index contributed by atoms with van der Waals surface area (Å²) in [6, 6.07) is 15.8. The molecule has 4 heterocycles. The largest absolute Gasteiger partial charge is 0.388 e. The third kappa shape index (κ3) is 5.01. The van der Waals surface area contributed by atoms with Gasteiger partial charge in [0.05, 0.1) is 5.60 Å². The first-order chi connectivity index (χ1) is 18.3. The molecule has 6 nitrogen and oxygen atoms in total. The Balaban J connectivity index is 1.10. The molecule has 3 aromatic rings. The molecule has 1 aliphatic carbocycles. The predicted molar refractivity (Wildman–Crippen MR) is 143 cm³/mol. The first-order valence-corrected chi connectivity index (χ1v) is 14.1. The van der Waals surface area contributed by atoms with E-state index in [2.05, 4.69) is 4.57 Å². The lowest BCUT2D eigenvalue weighted by Crippen LogP contribution is -2.54. The van der Waals surface area contributed by atoms with E-state index in [1.54, 1.807) is 4.90 Å². The SMILES string of the molecule is O=C([C@@H]1CCC(F)(F)C[C@H]1c1cccs1)N1CCC(O)(CN2C=c3ccn(-c4ccccc4)c3=NC2)CC1. The molecule has 0 bridgehead atoms. The van der Waals surface area contributed by atoms with E-state index in [0.29, 0.717) is 39.1 Å². The van der Waals surface area contributed by atoms with Crippen molar-refractivity contribution in [3.63, 3.8) is 0 Å². The van der Waals surface area contributed by atoms with Gasteiger partial charge in [0.15, 0.2) is 0 Å². The van der Waals surface area contributed by atoms with Crippen LogP contribution in [0.1, 0.15) is 42.9 Å². The second-order valence-electron chi connectivity index (χ2n) is 10.9. The normalized spacial score (nSPS) is 24.3. The fraction of sp³-hybridized carbons (Fsp3) is 0.448. The number of benzene rings is 1. The minimum Gasteiger partial charge on any atom is -0.388 e. The molecule has 1 N–H and O–H groups in total. The molecule has 2 aromatic heterocycles. The van der Waals surface area contributed by atoms with Crippen LogP contribution in [0.4, 0.5) is 8.78 Å². The number of carbonyl (C=O) groups excluding carboxylic acids is 1. The number of fused-ring (bicyclic) bond motifs is 1. The van der Waals surface area contributed by atoms with E-state index < -0.39 is 23.4 Å². The smallest absolute Gasteiger partial charge is 0.248 e. The summed E-state index contributed by atoms with van der Waals surface area (Å²) in [7, 11) is 0. The van der Waals surface area contributed by atoms with Gasteiger partial charge in [-0.2, -0.15) is 0 Å². The lowest BCUT2D eigenvalue weighted by atomic mass is 9.75. The van der Waals surface area contributed by atoms with Crippen LogP contribution in [0.2, 0.25) is 0 Å². The second kappa shape index (κ2) is 9.93. The highest BCUT2D eigenvalue weighted by Gasteiger charge is 2.47. The third-order valence-electron chi connectivity index (χ3n) is 8.20. The van der Waals surface area contributed by atoms with E-state index in [0.717, 1.165) is 21.3 Å². The maximum atomic E-state index is 14.3. The van der Waals surface area contributed by atoms with Crippen LogP contribution in [0.5, 0.6) is 0 Å². The number of nitrogens with zero attached hydrogens (tertiary/aromatic N) is 4. The number of aliphatic hydroxyl groups is 1. The van der Waals surface area contributed by atoms with Gasteiger partial charge < -0.3 is 19.5 Å². The van der Waals surface area contributed by atoms with E-state index in [9.17, 15) is 18.7 Å². The highest BCUT2D eigenvalue weighted by atomic mass is 32.1. The Morgan fingerprint density at radius 1 is 1.08 bits per heavy atom. The van der Waals surface area contributed by atoms with Gasteiger partial charge in [0.2, 0.25) is 11.8 Å². The molecule has 0 spiro atoms. The molecule has 0 unspecified atom stereocenters. The van der Waals surface area contributed by atoms with Crippen molar-refractivity contribution in [2.75, 3.05) is 26.3 Å². The Morgan fingerprint density at radius 2 is 1.87 bits per heavy atom. The van der Waals surface area contributed by atoms with Crippen LogP contribution < -0.4 is 10.7 Å². The fourth-order valence-electron chi connectivity index (χ4n) is 6.14. The molecule has 1 amide bonds. The van der Waals surface area contributed by atoms with E-state index in [1.807, 2.05) is 71.2 Å². The van der Waals surface area contributed by atoms with Gasteiger partial charge in [-0.1, -0.05) is 24.3 Å². The van der Waals surface area contributed by atoms with Crippen molar-refractivity contribution in [1.82, 2.24) is 14.4 Å². The van der Waals surface area contributed by atoms with Crippen molar-refractivity contribution in [2.24, 2.45) is 10.9 Å². The molecule has 1 aromatic carbocycles. The van der Waals surface area contributed by atoms with E-state index in [4.69, 9.17) is 4.99 Å². The third-order valence-corrected chi connectivity index (χ3v) is 9.21. The average Bonchev–Trinajstić information content (AvgIpc) is 3.59. The van der Waals surface area contributed by atoms with Crippen molar-refractivity contribution < 1.29 is 18.7 Å². The standard InChI is InChI=1S/C29H32F2N4O2S/c30-29(31)10-8-23(24(17-29)25-7-4-16-38-25)27(36)34-14-11-28(37,12-15-34)19-33-18-21-9-13-35(26(21)32-20-33)22-5-2-1-3-6-22/h1-7,9,13,16,18,23-24,37H,8,10-12,14-15,17,19-20H2/t23-,24-/m1/s1. The lowest BCUT2D eigenvalue weighted by molar-refractivity contribution is -0.145. The molecule has 3 aliphatic rings. The zero-order chi connectivity index (χ0) is 26.3. The highest BCUT2D eigenvalue weighted by Crippen LogP contribution is 2.47. The molecule has 1 saturated carbocycles. The average molecular weight is 539 g/mol. The van der Waals surface area contributed by atoms with Crippen LogP contribution in [-0.2, 0) is 4.79 Å². The fourth-order valence-corrected chi connectivity index (χ4v) is 7.03. The summed E-state index contributed by atoms with van der Waals surface area (Å²) in [6.45, 7) is 1.75. The summed E-state index contributed by atoms with van der Waals surface area (Å²) < 4.78 is 30.6. The molecular weight excluding hydrogens is 506 g/mol. The molecule has 0 radical (unpaired) electrons. The first kappa shape index (κ1) is 25.2. The minimum atomic E-state index is -2.73. The number of aromatic nitrogens is 1. The van der Waals surface area contributed by atoms with E-state index in [-0.39, 0.29) is 25.2 Å². The highest BCUT2D eigenvalue weighted by molar-refractivity contribution is 7.10. The minimum absolute atomic E-state index is 0.0487. The van der Waals surface area contributed by atoms with Crippen LogP contribution >= 0.6 is 11.3 Å². The molecule has 200 valence electrons. The Labute approximate surface area is 224 Å². The summed E-state index contributed by atoms with van der Waals surface area (Å²) in [5.41, 5.74) is 1.02. The van der Waals surface area contributed by atoms with Crippen molar-refractivity contribution in [2.45, 2.75) is 49.5 Å². The van der Waals surface area contributed by atoms with Crippen LogP contribution in [0.25, 0.3) is 11.9 Å². The Bertz CT molecular complexity index is 1400. The van der Waals surface area contributed by atoms with Gasteiger partial charge in [-0.15, -0.1) is 11.3 Å². The number of likely N-dealkylation sites (tertiary alicyclic amines) is 1. The monoisotopic (exact) mass is 538 g/mol. The van der Waals surface area contributed by atoms with Gasteiger partial charge in [0.25, 0.3) is 0 Å². The summed E-state index contributed by atoms with van der Waals surface area (Å²) >= 11 is 1.45. The van der Waals surface area contributed by atoms with E-state index in [1.165, 1.54) is 11.3 Å². The number of piperidine rings is 1. The number of alkyl halides is 2. The van der Waals surface area contributed by atoms with Gasteiger partial charge in [-0.25, -0.2) is 13.8 Å². The molecule has 1 saturated heterocycles. The summed E-state index contributed by atoms with van der Waals surface area (Å²) in [4.78, 5) is 23.0. The Hall–Kier alpha value is -3.04. The second-order valence-corrected chi connectivity index (χ2v) is 11.8. The maximum absolute atomic E-state index is 14.3. The molecule has 38 heavy (non-hydrogen) atoms. The van der Waals surface area contributed by atoms with Crippen LogP contribution in [0.3, 0.4) is 0 Å². The first-order valence-electron chi connectivity index (χ1n) is 13.3. The van der Waals surface area contributed by atoms with Gasteiger partial charge in [-0.05, 0) is 48.9 Å². The topological polar surface area (TPSA) is 61.1 Å². The van der Waals surface area contributed by atoms with Crippen LogP contribution in [0.15, 0.2) is 65.1 Å².